The molecule has 1 atom stereocenters. The summed E-state index contributed by atoms with van der Waals surface area (Å²) in [7, 11) is 0. The number of benzene rings is 1. The van der Waals surface area contributed by atoms with Crippen LogP contribution in [0.2, 0.25) is 0 Å². The van der Waals surface area contributed by atoms with Crippen LogP contribution in [-0.4, -0.2) is 17.8 Å². The van der Waals surface area contributed by atoms with Crippen molar-refractivity contribution in [1.29, 1.82) is 0 Å². The molecule has 2 nitrogen and oxygen atoms in total. The molecule has 1 aromatic carbocycles. The number of rotatable bonds is 5. The van der Waals surface area contributed by atoms with Crippen molar-refractivity contribution in [2.24, 2.45) is 5.92 Å². The van der Waals surface area contributed by atoms with E-state index in [0.29, 0.717) is 18.6 Å². The predicted molar refractivity (Wildman–Crippen MR) is 68.8 cm³/mol. The Morgan fingerprint density at radius 3 is 2.68 bits per heavy atom. The molecule has 1 aromatic rings. The van der Waals surface area contributed by atoms with E-state index in [1.54, 1.807) is 6.92 Å². The zero-order valence-electron chi connectivity index (χ0n) is 11.3. The minimum Gasteiger partial charge on any atom is -0.388 e. The SMILES string of the molecule is CCOC1CC(CC(O)c2c(F)ccc(C)c2F)C1. The summed E-state index contributed by atoms with van der Waals surface area (Å²) in [6.07, 6.45) is 1.28. The third-order valence-electron chi connectivity index (χ3n) is 3.80. The second-order valence-electron chi connectivity index (χ2n) is 5.26. The van der Waals surface area contributed by atoms with E-state index in [2.05, 4.69) is 0 Å². The lowest BCUT2D eigenvalue weighted by molar-refractivity contribution is -0.0385. The van der Waals surface area contributed by atoms with Crippen LogP contribution in [0.25, 0.3) is 0 Å². The van der Waals surface area contributed by atoms with E-state index < -0.39 is 17.7 Å². The molecule has 4 heteroatoms. The molecule has 1 unspecified atom stereocenters. The first-order valence-electron chi connectivity index (χ1n) is 6.77. The van der Waals surface area contributed by atoms with Gasteiger partial charge in [-0.15, -0.1) is 0 Å². The highest BCUT2D eigenvalue weighted by molar-refractivity contribution is 5.28. The zero-order chi connectivity index (χ0) is 14.0. The van der Waals surface area contributed by atoms with Gasteiger partial charge in [-0.1, -0.05) is 6.07 Å². The molecule has 0 radical (unpaired) electrons. The van der Waals surface area contributed by atoms with Crippen LogP contribution >= 0.6 is 0 Å². The molecule has 1 N–H and O–H groups in total. The summed E-state index contributed by atoms with van der Waals surface area (Å²) < 4.78 is 32.9. The van der Waals surface area contributed by atoms with Gasteiger partial charge in [0.2, 0.25) is 0 Å². The Bertz CT molecular complexity index is 442. The van der Waals surface area contributed by atoms with Crippen molar-refractivity contribution in [2.45, 2.75) is 45.3 Å². The summed E-state index contributed by atoms with van der Waals surface area (Å²) in [6.45, 7) is 4.19. The normalized spacial score (nSPS) is 24.1. The van der Waals surface area contributed by atoms with Gasteiger partial charge < -0.3 is 9.84 Å². The summed E-state index contributed by atoms with van der Waals surface area (Å²) in [5.41, 5.74) is 0.163. The molecule has 0 spiro atoms. The van der Waals surface area contributed by atoms with E-state index >= 15 is 0 Å². The van der Waals surface area contributed by atoms with Gasteiger partial charge in [0.15, 0.2) is 0 Å². The molecular weight excluding hydrogens is 250 g/mol. The van der Waals surface area contributed by atoms with Gasteiger partial charge in [0.05, 0.1) is 17.8 Å². The molecule has 106 valence electrons. The largest absolute Gasteiger partial charge is 0.388 e. The molecule has 1 saturated carbocycles. The molecule has 0 amide bonds. The standard InChI is InChI=1S/C15H20F2O2/c1-3-19-11-6-10(7-11)8-13(18)14-12(16)5-4-9(2)15(14)17/h4-5,10-11,13,18H,3,6-8H2,1-2H3. The second kappa shape index (κ2) is 5.97. The lowest BCUT2D eigenvalue weighted by Crippen LogP contribution is -2.32. The van der Waals surface area contributed by atoms with Crippen LogP contribution in [0.4, 0.5) is 8.78 Å². The van der Waals surface area contributed by atoms with E-state index in [4.69, 9.17) is 4.74 Å². The summed E-state index contributed by atoms with van der Waals surface area (Å²) in [5.74, 6) is -1.02. The Labute approximate surface area is 112 Å². The Morgan fingerprint density at radius 2 is 2.05 bits per heavy atom. The lowest BCUT2D eigenvalue weighted by atomic mass is 9.77. The molecule has 2 rings (SSSR count). The predicted octanol–water partition coefficient (Wildman–Crippen LogP) is 3.51. The fraction of sp³-hybridized carbons (Fsp3) is 0.600. The Morgan fingerprint density at radius 1 is 1.37 bits per heavy atom. The van der Waals surface area contributed by atoms with Gasteiger partial charge in [0.25, 0.3) is 0 Å². The molecule has 0 aliphatic heterocycles. The number of hydrogen-bond donors (Lipinski definition) is 1. The summed E-state index contributed by atoms with van der Waals surface area (Å²) in [5, 5.41) is 10.0. The average Bonchev–Trinajstić information content (AvgIpc) is 2.32. The first-order chi connectivity index (χ1) is 9.02. The lowest BCUT2D eigenvalue weighted by Gasteiger charge is -2.36. The fourth-order valence-electron chi connectivity index (χ4n) is 2.66. The van der Waals surface area contributed by atoms with E-state index in [9.17, 15) is 13.9 Å². The van der Waals surface area contributed by atoms with Crippen molar-refractivity contribution < 1.29 is 18.6 Å². The molecule has 0 heterocycles. The van der Waals surface area contributed by atoms with Crippen molar-refractivity contribution in [3.63, 3.8) is 0 Å². The number of halogens is 2. The third kappa shape index (κ3) is 3.12. The maximum atomic E-state index is 13.9. The Balaban J connectivity index is 1.98. The van der Waals surface area contributed by atoms with E-state index in [-0.39, 0.29) is 17.6 Å². The van der Waals surface area contributed by atoms with Crippen LogP contribution in [0.3, 0.4) is 0 Å². The number of aryl methyl sites for hydroxylation is 1. The fourth-order valence-corrected chi connectivity index (χ4v) is 2.66. The Kier molecular flexibility index (Phi) is 4.53. The molecule has 1 aliphatic rings. The van der Waals surface area contributed by atoms with Crippen LogP contribution < -0.4 is 0 Å². The average molecular weight is 270 g/mol. The number of aliphatic hydroxyl groups excluding tert-OH is 1. The molecular formula is C15H20F2O2. The van der Waals surface area contributed by atoms with Crippen LogP contribution in [0.1, 0.15) is 43.4 Å². The Hall–Kier alpha value is -1.00. The first kappa shape index (κ1) is 14.4. The van der Waals surface area contributed by atoms with E-state index in [1.165, 1.54) is 12.1 Å². The van der Waals surface area contributed by atoms with Crippen LogP contribution in [0.15, 0.2) is 12.1 Å². The summed E-state index contributed by atoms with van der Waals surface area (Å²) >= 11 is 0. The van der Waals surface area contributed by atoms with Gasteiger partial charge in [0.1, 0.15) is 11.6 Å². The maximum absolute atomic E-state index is 13.9. The van der Waals surface area contributed by atoms with Gasteiger partial charge in [0, 0.05) is 6.61 Å². The molecule has 0 aromatic heterocycles. The van der Waals surface area contributed by atoms with E-state index in [1.807, 2.05) is 6.92 Å². The molecule has 0 bridgehead atoms. The highest BCUT2D eigenvalue weighted by atomic mass is 19.1. The smallest absolute Gasteiger partial charge is 0.134 e. The van der Waals surface area contributed by atoms with Crippen molar-refractivity contribution in [1.82, 2.24) is 0 Å². The molecule has 1 fully saturated rings. The minimum atomic E-state index is -1.08. The monoisotopic (exact) mass is 270 g/mol. The van der Waals surface area contributed by atoms with Crippen molar-refractivity contribution in [2.75, 3.05) is 6.61 Å². The van der Waals surface area contributed by atoms with Gasteiger partial charge in [-0.3, -0.25) is 0 Å². The van der Waals surface area contributed by atoms with Crippen LogP contribution in [0, 0.1) is 24.5 Å². The minimum absolute atomic E-state index is 0.195. The van der Waals surface area contributed by atoms with Crippen molar-refractivity contribution >= 4 is 0 Å². The van der Waals surface area contributed by atoms with Gasteiger partial charge in [-0.05, 0) is 50.7 Å². The molecule has 1 aliphatic carbocycles. The van der Waals surface area contributed by atoms with E-state index in [0.717, 1.165) is 12.8 Å². The third-order valence-corrected chi connectivity index (χ3v) is 3.80. The van der Waals surface area contributed by atoms with Gasteiger partial charge in [-0.2, -0.15) is 0 Å². The summed E-state index contributed by atoms with van der Waals surface area (Å²) in [6, 6.07) is 2.59. The summed E-state index contributed by atoms with van der Waals surface area (Å²) in [4.78, 5) is 0. The molecule has 0 saturated heterocycles. The van der Waals surface area contributed by atoms with Crippen molar-refractivity contribution in [3.05, 3.63) is 34.9 Å². The highest BCUT2D eigenvalue weighted by Gasteiger charge is 2.32. The topological polar surface area (TPSA) is 29.5 Å². The first-order valence-corrected chi connectivity index (χ1v) is 6.77. The number of ether oxygens (including phenoxy) is 1. The van der Waals surface area contributed by atoms with Gasteiger partial charge >= 0.3 is 0 Å². The van der Waals surface area contributed by atoms with Crippen LogP contribution in [0.5, 0.6) is 0 Å². The van der Waals surface area contributed by atoms with Gasteiger partial charge in [-0.25, -0.2) is 8.78 Å². The van der Waals surface area contributed by atoms with Crippen LogP contribution in [-0.2, 0) is 4.74 Å². The van der Waals surface area contributed by atoms with Crippen molar-refractivity contribution in [3.8, 4) is 0 Å². The highest BCUT2D eigenvalue weighted by Crippen LogP contribution is 2.38. The number of aliphatic hydroxyl groups is 1. The molecule has 19 heavy (non-hydrogen) atoms. The zero-order valence-corrected chi connectivity index (χ0v) is 11.3. The maximum Gasteiger partial charge on any atom is 0.134 e. The number of hydrogen-bond acceptors (Lipinski definition) is 2. The second-order valence-corrected chi connectivity index (χ2v) is 5.26. The quantitative estimate of drug-likeness (QED) is 0.887.